The Hall–Kier alpha value is 0.261. The van der Waals surface area contributed by atoms with Crippen LogP contribution in [0.3, 0.4) is 0 Å². The summed E-state index contributed by atoms with van der Waals surface area (Å²) in [5.74, 6) is 0. The SMILES string of the molecule is [Xe]c1ccc2nc[nH]c2c1. The average Bonchev–Trinajstić information content (AvgIpc) is 2.33. The van der Waals surface area contributed by atoms with Gasteiger partial charge in [0.2, 0.25) is 0 Å². The molecule has 3 heteroatoms. The molecule has 0 bridgehead atoms. The molecule has 1 heterocycles. The summed E-state index contributed by atoms with van der Waals surface area (Å²) in [6.45, 7) is 0. The molecule has 51 valence electrons. The van der Waals surface area contributed by atoms with Gasteiger partial charge in [-0.15, -0.1) is 0 Å². The van der Waals surface area contributed by atoms with Crippen LogP contribution in [0.2, 0.25) is 0 Å². The summed E-state index contributed by atoms with van der Waals surface area (Å²) in [6, 6.07) is 6.08. The fraction of sp³-hybridized carbons (Fsp3) is 0. The molecular weight excluding hydrogens is 243 g/mol. The number of aromatic amines is 1. The molecule has 0 atom stereocenters. The molecule has 0 unspecified atom stereocenters. The number of nitrogens with one attached hydrogen (secondary N) is 1. The van der Waals surface area contributed by atoms with Crippen molar-refractivity contribution in [1.82, 2.24) is 9.97 Å². The van der Waals surface area contributed by atoms with Crippen LogP contribution < -0.4 is 0.0314 Å². The molecule has 2 rings (SSSR count). The third-order valence-corrected chi connectivity index (χ3v) is 2.00. The van der Waals surface area contributed by atoms with Gasteiger partial charge in [-0.25, -0.2) is 0 Å². The van der Waals surface area contributed by atoms with Gasteiger partial charge in [-0.05, 0) is 0 Å². The first-order valence-electron chi connectivity index (χ1n) is 2.94. The summed E-state index contributed by atoms with van der Waals surface area (Å²) in [5.41, 5.74) is 2.12. The van der Waals surface area contributed by atoms with Crippen LogP contribution in [0.5, 0.6) is 0 Å². The van der Waals surface area contributed by atoms with Gasteiger partial charge >= 0.3 is 92.1 Å². The van der Waals surface area contributed by atoms with Crippen LogP contribution in [0.4, 0.5) is 0 Å². The van der Waals surface area contributed by atoms with Gasteiger partial charge in [-0.3, -0.25) is 0 Å². The van der Waals surface area contributed by atoms with Gasteiger partial charge in [-0.1, -0.05) is 0 Å². The number of aromatic nitrogens is 2. The Kier molecular flexibility index (Phi) is 1.88. The molecule has 0 spiro atoms. The van der Waals surface area contributed by atoms with Gasteiger partial charge in [0, 0.05) is 0 Å². The van der Waals surface area contributed by atoms with E-state index in [0.29, 0.717) is 0 Å². The van der Waals surface area contributed by atoms with Crippen LogP contribution in [0.25, 0.3) is 11.0 Å². The van der Waals surface area contributed by atoms with Crippen molar-refractivity contribution in [3.63, 3.8) is 0 Å². The molecule has 0 aliphatic heterocycles. The molecule has 1 N–H and O–H groups in total. The van der Waals surface area contributed by atoms with Crippen molar-refractivity contribution >= 4 is 11.1 Å². The quantitative estimate of drug-likeness (QED) is 0.732. The van der Waals surface area contributed by atoms with Crippen molar-refractivity contribution in [2.75, 3.05) is 0 Å². The predicted molar refractivity (Wildman–Crippen MR) is 35.7 cm³/mol. The van der Waals surface area contributed by atoms with Gasteiger partial charge in [0.05, 0.1) is 0 Å². The van der Waals surface area contributed by atoms with E-state index in [1.165, 1.54) is 0.0314 Å². The molecule has 10 heavy (non-hydrogen) atoms. The third kappa shape index (κ3) is 1.17. The standard InChI is InChI=1S/C7H5N2Xe/c10-5-1-2-6-7(3-5)9-4-8-6/h1-4H,(H,8,9). The molecule has 0 fully saturated rings. The zero-order valence-electron chi connectivity index (χ0n) is 5.11. The van der Waals surface area contributed by atoms with Crippen molar-refractivity contribution in [3.8, 4) is 0 Å². The van der Waals surface area contributed by atoms with Crippen molar-refractivity contribution in [3.05, 3.63) is 24.5 Å². The molecule has 0 aliphatic rings. The van der Waals surface area contributed by atoms with E-state index in [-0.39, 0.29) is 0 Å². The number of hydrogen-bond acceptors (Lipinski definition) is 1. The van der Waals surface area contributed by atoms with E-state index >= 15 is 0 Å². The fourth-order valence-electron chi connectivity index (χ4n) is 0.902. The Morgan fingerprint density at radius 3 is 3.20 bits per heavy atom. The zero-order chi connectivity index (χ0) is 6.97. The maximum atomic E-state index is 4.10. The Bertz CT molecular complexity index is 353. The first-order chi connectivity index (χ1) is 4.86. The number of fused-ring (bicyclic) bond motifs is 1. The summed E-state index contributed by atoms with van der Waals surface area (Å²) < 4.78 is 1.19. The van der Waals surface area contributed by atoms with Gasteiger partial charge in [0.25, 0.3) is 0 Å². The van der Waals surface area contributed by atoms with Gasteiger partial charge in [0.1, 0.15) is 0 Å². The summed E-state index contributed by atoms with van der Waals surface area (Å²) in [6.07, 6.45) is 1.70. The average molecular weight is 248 g/mol. The monoisotopic (exact) mass is 249 g/mol. The number of H-pyrrole nitrogens is 1. The van der Waals surface area contributed by atoms with Crippen LogP contribution in [-0.2, 0) is 0 Å². The topological polar surface area (TPSA) is 28.7 Å². The summed E-state index contributed by atoms with van der Waals surface area (Å²) >= 11 is 2.55. The van der Waals surface area contributed by atoms with Crippen LogP contribution >= 0.6 is 0 Å². The molecule has 2 aromatic rings. The van der Waals surface area contributed by atoms with E-state index in [4.69, 9.17) is 0 Å². The van der Waals surface area contributed by atoms with Crippen LogP contribution in [0.15, 0.2) is 24.5 Å². The molecule has 1 radical (unpaired) electrons. The van der Waals surface area contributed by atoms with E-state index in [1.807, 2.05) is 12.1 Å². The number of rotatable bonds is 0. The van der Waals surface area contributed by atoms with E-state index < -0.39 is 0 Å². The second-order valence-corrected chi connectivity index (χ2v) is 3.22. The molecule has 0 aliphatic carbocycles. The van der Waals surface area contributed by atoms with Gasteiger partial charge in [0.15, 0.2) is 0 Å². The Balaban J connectivity index is 2.86. The van der Waals surface area contributed by atoms with Gasteiger partial charge in [-0.2, -0.15) is 0 Å². The Labute approximate surface area is 90.7 Å². The summed E-state index contributed by atoms with van der Waals surface area (Å²) in [4.78, 5) is 7.13. The Morgan fingerprint density at radius 1 is 1.40 bits per heavy atom. The number of hydrogen-bond donors (Lipinski definition) is 1. The molecule has 1 aromatic heterocycles. The maximum absolute atomic E-state index is 4.10. The first-order valence-corrected chi connectivity index (χ1v) is 3.94. The molecule has 0 saturated carbocycles. The second kappa shape index (κ2) is 2.71. The zero-order valence-corrected chi connectivity index (χ0v) is 7.13. The fourth-order valence-corrected chi connectivity index (χ4v) is 1.36. The summed E-state index contributed by atoms with van der Waals surface area (Å²) in [5, 5.41) is 0. The normalized spacial score (nSPS) is 10.5. The molecule has 2 nitrogen and oxygen atoms in total. The number of benzene rings is 1. The van der Waals surface area contributed by atoms with E-state index in [2.05, 4.69) is 62.6 Å². The van der Waals surface area contributed by atoms with Crippen molar-refractivity contribution in [1.29, 1.82) is 0 Å². The Morgan fingerprint density at radius 2 is 2.30 bits per heavy atom. The van der Waals surface area contributed by atoms with E-state index in [9.17, 15) is 0 Å². The molecule has 1 aromatic carbocycles. The summed E-state index contributed by atoms with van der Waals surface area (Å²) in [7, 11) is 0. The molecule has 0 amide bonds. The van der Waals surface area contributed by atoms with E-state index in [1.54, 1.807) is 6.33 Å². The van der Waals surface area contributed by atoms with E-state index in [0.717, 1.165) is 11.0 Å². The minimum atomic E-state index is 1.02. The van der Waals surface area contributed by atoms with Crippen molar-refractivity contribution in [2.24, 2.45) is 0 Å². The molecular formula is C7H5N2Xe. The van der Waals surface area contributed by atoms with Crippen molar-refractivity contribution in [2.45, 2.75) is 0 Å². The third-order valence-electron chi connectivity index (χ3n) is 1.37. The van der Waals surface area contributed by atoms with Crippen LogP contribution in [0.1, 0.15) is 0 Å². The number of imidazole rings is 1. The minimum absolute atomic E-state index is 1.02. The second-order valence-electron chi connectivity index (χ2n) is 2.05. The van der Waals surface area contributed by atoms with Gasteiger partial charge < -0.3 is 0 Å². The first kappa shape index (κ1) is 6.94. The molecule has 0 saturated heterocycles. The van der Waals surface area contributed by atoms with Crippen LogP contribution in [-0.4, -0.2) is 9.97 Å². The number of nitrogens with zero attached hydrogens (tertiary/aromatic N) is 1. The van der Waals surface area contributed by atoms with Crippen molar-refractivity contribution < 1.29 is 46.5 Å². The predicted octanol–water partition coefficient (Wildman–Crippen LogP) is 0.737. The van der Waals surface area contributed by atoms with Crippen LogP contribution in [0, 0.1) is 46.5 Å².